The van der Waals surface area contributed by atoms with E-state index in [2.05, 4.69) is 33.0 Å². The zero-order chi connectivity index (χ0) is 14.5. The van der Waals surface area contributed by atoms with Gasteiger partial charge in [0.15, 0.2) is 0 Å². The Labute approximate surface area is 121 Å². The minimum absolute atomic E-state index is 0.218. The van der Waals surface area contributed by atoms with Crippen LogP contribution in [-0.4, -0.2) is 12.6 Å². The number of benzene rings is 1. The molecule has 0 saturated heterocycles. The van der Waals surface area contributed by atoms with Crippen molar-refractivity contribution >= 4 is 11.6 Å². The summed E-state index contributed by atoms with van der Waals surface area (Å²) in [5.41, 5.74) is 1.13. The van der Waals surface area contributed by atoms with Gasteiger partial charge in [0, 0.05) is 11.1 Å². The molecule has 1 nitrogen and oxygen atoms in total. The molecule has 1 N–H and O–H groups in total. The first kappa shape index (κ1) is 16.5. The van der Waals surface area contributed by atoms with Gasteiger partial charge in [-0.1, -0.05) is 39.3 Å². The van der Waals surface area contributed by atoms with Crippen LogP contribution in [0.25, 0.3) is 0 Å². The van der Waals surface area contributed by atoms with Crippen LogP contribution in [0.5, 0.6) is 0 Å². The first-order valence-electron chi connectivity index (χ1n) is 6.99. The molecule has 0 saturated carbocycles. The number of halogens is 2. The third kappa shape index (κ3) is 6.40. The van der Waals surface area contributed by atoms with Gasteiger partial charge in [-0.05, 0) is 55.0 Å². The Hall–Kier alpha value is -0.600. The molecule has 1 aromatic carbocycles. The maximum atomic E-state index is 13.3. The predicted molar refractivity (Wildman–Crippen MR) is 81.3 cm³/mol. The van der Waals surface area contributed by atoms with Crippen LogP contribution in [0.4, 0.5) is 4.39 Å². The Morgan fingerprint density at radius 2 is 2.00 bits per heavy atom. The molecule has 0 spiro atoms. The highest BCUT2D eigenvalue weighted by atomic mass is 35.5. The van der Waals surface area contributed by atoms with Crippen molar-refractivity contribution in [3.63, 3.8) is 0 Å². The largest absolute Gasteiger partial charge is 0.314 e. The lowest BCUT2D eigenvalue weighted by Crippen LogP contribution is -2.35. The molecule has 19 heavy (non-hydrogen) atoms. The molecule has 1 rings (SSSR count). The Balaban J connectivity index is 2.78. The van der Waals surface area contributed by atoms with Gasteiger partial charge in [0.1, 0.15) is 5.82 Å². The standard InChI is InChI=1S/C16H25ClFN/c1-5-8-19-14(11-16(2,3)4)10-12-9-13(18)6-7-15(12)17/h6-7,9,14,19H,5,8,10-11H2,1-4H3. The second-order valence-corrected chi connectivity index (χ2v) is 6.76. The Kier molecular flexibility index (Phi) is 6.28. The van der Waals surface area contributed by atoms with Gasteiger partial charge in [-0.25, -0.2) is 4.39 Å². The molecule has 0 aromatic heterocycles. The summed E-state index contributed by atoms with van der Waals surface area (Å²) in [7, 11) is 0. The van der Waals surface area contributed by atoms with Crippen LogP contribution >= 0.6 is 11.6 Å². The maximum absolute atomic E-state index is 13.3. The molecule has 0 aliphatic heterocycles. The molecule has 3 heteroatoms. The summed E-state index contributed by atoms with van der Waals surface area (Å²) < 4.78 is 13.3. The number of hydrogen-bond donors (Lipinski definition) is 1. The number of hydrogen-bond acceptors (Lipinski definition) is 1. The fourth-order valence-electron chi connectivity index (χ4n) is 2.27. The summed E-state index contributed by atoms with van der Waals surface area (Å²) >= 11 is 6.15. The van der Waals surface area contributed by atoms with Crippen molar-refractivity contribution in [1.29, 1.82) is 0 Å². The number of nitrogens with one attached hydrogen (secondary N) is 1. The lowest BCUT2D eigenvalue weighted by atomic mass is 9.86. The van der Waals surface area contributed by atoms with Crippen LogP contribution in [0.2, 0.25) is 5.02 Å². The second-order valence-electron chi connectivity index (χ2n) is 6.36. The molecule has 1 aromatic rings. The molecule has 0 radical (unpaired) electrons. The van der Waals surface area contributed by atoms with Gasteiger partial charge in [-0.15, -0.1) is 0 Å². The predicted octanol–water partition coefficient (Wildman–Crippen LogP) is 4.83. The maximum Gasteiger partial charge on any atom is 0.123 e. The molecule has 0 bridgehead atoms. The van der Waals surface area contributed by atoms with E-state index in [1.807, 2.05) is 0 Å². The SMILES string of the molecule is CCCNC(Cc1cc(F)ccc1Cl)CC(C)(C)C. The molecule has 1 atom stereocenters. The first-order valence-corrected chi connectivity index (χ1v) is 7.37. The highest BCUT2D eigenvalue weighted by molar-refractivity contribution is 6.31. The summed E-state index contributed by atoms with van der Waals surface area (Å²) in [6, 6.07) is 4.93. The van der Waals surface area contributed by atoms with Crippen molar-refractivity contribution in [2.45, 2.75) is 53.0 Å². The minimum Gasteiger partial charge on any atom is -0.314 e. The van der Waals surface area contributed by atoms with Crippen molar-refractivity contribution < 1.29 is 4.39 Å². The molecular weight excluding hydrogens is 261 g/mol. The summed E-state index contributed by atoms with van der Waals surface area (Å²) in [4.78, 5) is 0. The third-order valence-electron chi connectivity index (χ3n) is 3.02. The Morgan fingerprint density at radius 3 is 2.58 bits per heavy atom. The van der Waals surface area contributed by atoms with Crippen LogP contribution in [0.3, 0.4) is 0 Å². The molecule has 0 aliphatic carbocycles. The van der Waals surface area contributed by atoms with E-state index in [-0.39, 0.29) is 11.2 Å². The Bertz CT molecular complexity index is 398. The van der Waals surface area contributed by atoms with Crippen molar-refractivity contribution in [2.24, 2.45) is 5.41 Å². The molecule has 1 unspecified atom stereocenters. The highest BCUT2D eigenvalue weighted by Gasteiger charge is 2.19. The van der Waals surface area contributed by atoms with Gasteiger partial charge in [0.2, 0.25) is 0 Å². The summed E-state index contributed by atoms with van der Waals surface area (Å²) in [6.07, 6.45) is 2.91. The fourth-order valence-corrected chi connectivity index (χ4v) is 2.46. The van der Waals surface area contributed by atoms with Crippen molar-refractivity contribution in [3.05, 3.63) is 34.6 Å². The van der Waals surface area contributed by atoms with Gasteiger partial charge < -0.3 is 5.32 Å². The monoisotopic (exact) mass is 285 g/mol. The average Bonchev–Trinajstić information content (AvgIpc) is 2.29. The van der Waals surface area contributed by atoms with E-state index >= 15 is 0 Å². The molecule has 0 amide bonds. The van der Waals surface area contributed by atoms with Gasteiger partial charge in [-0.2, -0.15) is 0 Å². The second kappa shape index (κ2) is 7.25. The van der Waals surface area contributed by atoms with E-state index in [0.717, 1.165) is 31.4 Å². The number of rotatable bonds is 6. The topological polar surface area (TPSA) is 12.0 Å². The minimum atomic E-state index is -0.218. The summed E-state index contributed by atoms with van der Waals surface area (Å²) in [6.45, 7) is 9.80. The van der Waals surface area contributed by atoms with Crippen LogP contribution in [0, 0.1) is 11.2 Å². The molecule has 108 valence electrons. The average molecular weight is 286 g/mol. The quantitative estimate of drug-likeness (QED) is 0.790. The van der Waals surface area contributed by atoms with Crippen LogP contribution in [-0.2, 0) is 6.42 Å². The first-order chi connectivity index (χ1) is 8.81. The van der Waals surface area contributed by atoms with Gasteiger partial charge >= 0.3 is 0 Å². The Morgan fingerprint density at radius 1 is 1.32 bits per heavy atom. The zero-order valence-electron chi connectivity index (χ0n) is 12.4. The van der Waals surface area contributed by atoms with Gasteiger partial charge in [0.25, 0.3) is 0 Å². The van der Waals surface area contributed by atoms with Crippen molar-refractivity contribution in [3.8, 4) is 0 Å². The molecular formula is C16H25ClFN. The molecule has 0 fully saturated rings. The van der Waals surface area contributed by atoms with Crippen LogP contribution in [0.15, 0.2) is 18.2 Å². The van der Waals surface area contributed by atoms with Crippen LogP contribution < -0.4 is 5.32 Å². The smallest absolute Gasteiger partial charge is 0.123 e. The van der Waals surface area contributed by atoms with Gasteiger partial charge in [-0.3, -0.25) is 0 Å². The van der Waals surface area contributed by atoms with E-state index in [1.165, 1.54) is 6.07 Å². The van der Waals surface area contributed by atoms with E-state index in [1.54, 1.807) is 12.1 Å². The third-order valence-corrected chi connectivity index (χ3v) is 3.38. The van der Waals surface area contributed by atoms with E-state index in [9.17, 15) is 4.39 Å². The van der Waals surface area contributed by atoms with Gasteiger partial charge in [0.05, 0.1) is 0 Å². The van der Waals surface area contributed by atoms with E-state index < -0.39 is 0 Å². The summed E-state index contributed by atoms with van der Waals surface area (Å²) in [5, 5.41) is 4.19. The normalized spacial score (nSPS) is 13.6. The van der Waals surface area contributed by atoms with Crippen LogP contribution in [0.1, 0.15) is 46.1 Å². The highest BCUT2D eigenvalue weighted by Crippen LogP contribution is 2.25. The fraction of sp³-hybridized carbons (Fsp3) is 0.625. The molecule has 0 heterocycles. The lowest BCUT2D eigenvalue weighted by Gasteiger charge is -2.27. The van der Waals surface area contributed by atoms with Crippen molar-refractivity contribution in [1.82, 2.24) is 5.32 Å². The summed E-state index contributed by atoms with van der Waals surface area (Å²) in [5.74, 6) is -0.218. The van der Waals surface area contributed by atoms with E-state index in [0.29, 0.717) is 11.1 Å². The van der Waals surface area contributed by atoms with Crippen molar-refractivity contribution in [2.75, 3.05) is 6.54 Å². The van der Waals surface area contributed by atoms with E-state index in [4.69, 9.17) is 11.6 Å². The lowest BCUT2D eigenvalue weighted by molar-refractivity contribution is 0.306. The zero-order valence-corrected chi connectivity index (χ0v) is 13.1. The molecule has 0 aliphatic rings.